The van der Waals surface area contributed by atoms with Gasteiger partial charge in [-0.05, 0) is 18.6 Å². The molecular formula is C19H16O3. The third kappa shape index (κ3) is 2.19. The van der Waals surface area contributed by atoms with Crippen molar-refractivity contribution in [2.24, 2.45) is 5.92 Å². The molecule has 4 rings (SSSR count). The minimum Gasteiger partial charge on any atom is -0.492 e. The molecule has 2 aliphatic rings. The van der Waals surface area contributed by atoms with Crippen LogP contribution in [0, 0.1) is 5.92 Å². The summed E-state index contributed by atoms with van der Waals surface area (Å²) < 4.78 is 11.9. The molecule has 22 heavy (non-hydrogen) atoms. The number of hydrogen-bond acceptors (Lipinski definition) is 3. The Balaban J connectivity index is 1.83. The second kappa shape index (κ2) is 5.34. The number of rotatable bonds is 0. The summed E-state index contributed by atoms with van der Waals surface area (Å²) in [5.74, 6) is 1.63. The van der Waals surface area contributed by atoms with Crippen molar-refractivity contribution in [2.75, 3.05) is 13.2 Å². The van der Waals surface area contributed by atoms with E-state index >= 15 is 0 Å². The molecule has 2 bridgehead atoms. The van der Waals surface area contributed by atoms with Crippen LogP contribution in [0.3, 0.4) is 0 Å². The maximum atomic E-state index is 12.3. The second-order valence-corrected chi connectivity index (χ2v) is 5.62. The van der Waals surface area contributed by atoms with Gasteiger partial charge in [0, 0.05) is 16.7 Å². The van der Waals surface area contributed by atoms with Gasteiger partial charge in [0.15, 0.2) is 5.78 Å². The number of benzene rings is 2. The number of carbonyl (C=O) groups is 1. The molecule has 1 unspecified atom stereocenters. The lowest BCUT2D eigenvalue weighted by molar-refractivity contribution is -0.119. The van der Waals surface area contributed by atoms with Gasteiger partial charge < -0.3 is 9.47 Å². The van der Waals surface area contributed by atoms with Gasteiger partial charge in [-0.3, -0.25) is 4.79 Å². The number of fused-ring (bicyclic) bond motifs is 5. The SMILES string of the molecule is O=C1C2=CCC1COc1ccccc1-c1ccccc1OC2. The first-order chi connectivity index (χ1) is 10.8. The van der Waals surface area contributed by atoms with Gasteiger partial charge in [0.25, 0.3) is 0 Å². The molecule has 0 amide bonds. The summed E-state index contributed by atoms with van der Waals surface area (Å²) in [6.45, 7) is 0.743. The number of ether oxygens (including phenoxy) is 2. The normalized spacial score (nSPS) is 19.9. The fourth-order valence-corrected chi connectivity index (χ4v) is 3.00. The zero-order valence-corrected chi connectivity index (χ0v) is 12.1. The molecule has 0 saturated carbocycles. The van der Waals surface area contributed by atoms with Crippen LogP contribution in [-0.4, -0.2) is 19.0 Å². The van der Waals surface area contributed by atoms with E-state index in [-0.39, 0.29) is 11.7 Å². The molecule has 1 heterocycles. The van der Waals surface area contributed by atoms with Gasteiger partial charge >= 0.3 is 0 Å². The monoisotopic (exact) mass is 292 g/mol. The van der Waals surface area contributed by atoms with Crippen molar-refractivity contribution in [3.05, 3.63) is 60.2 Å². The Morgan fingerprint density at radius 2 is 1.50 bits per heavy atom. The number of hydrogen-bond donors (Lipinski definition) is 0. The van der Waals surface area contributed by atoms with Crippen LogP contribution < -0.4 is 9.47 Å². The van der Waals surface area contributed by atoms with Crippen LogP contribution in [0.25, 0.3) is 11.1 Å². The highest BCUT2D eigenvalue weighted by molar-refractivity contribution is 6.00. The number of ketones is 1. The molecule has 3 heteroatoms. The lowest BCUT2D eigenvalue weighted by Gasteiger charge is -2.15. The van der Waals surface area contributed by atoms with Crippen molar-refractivity contribution in [3.63, 3.8) is 0 Å². The maximum Gasteiger partial charge on any atom is 0.168 e. The molecule has 2 aromatic rings. The van der Waals surface area contributed by atoms with Crippen LogP contribution in [0.1, 0.15) is 6.42 Å². The fraction of sp³-hybridized carbons (Fsp3) is 0.211. The number of allylic oxidation sites excluding steroid dienone is 1. The summed E-state index contributed by atoms with van der Waals surface area (Å²) in [5.41, 5.74) is 2.75. The average Bonchev–Trinajstić information content (AvgIpc) is 2.90. The minimum atomic E-state index is -0.0899. The molecule has 0 spiro atoms. The molecule has 1 aliphatic heterocycles. The second-order valence-electron chi connectivity index (χ2n) is 5.62. The molecule has 0 N–H and O–H groups in total. The number of para-hydroxylation sites is 2. The molecule has 1 aliphatic carbocycles. The maximum absolute atomic E-state index is 12.3. The van der Waals surface area contributed by atoms with Crippen LogP contribution in [0.4, 0.5) is 0 Å². The summed E-state index contributed by atoms with van der Waals surface area (Å²) in [6.07, 6.45) is 2.72. The van der Waals surface area contributed by atoms with Crippen molar-refractivity contribution >= 4 is 5.78 Å². The van der Waals surface area contributed by atoms with Crippen molar-refractivity contribution in [2.45, 2.75) is 6.42 Å². The lowest BCUT2D eigenvalue weighted by Crippen LogP contribution is -2.20. The third-order valence-corrected chi connectivity index (χ3v) is 4.22. The minimum absolute atomic E-state index is 0.0899. The van der Waals surface area contributed by atoms with Crippen molar-refractivity contribution < 1.29 is 14.3 Å². The predicted octanol–water partition coefficient (Wildman–Crippen LogP) is 3.64. The molecule has 0 saturated heterocycles. The molecule has 0 radical (unpaired) electrons. The molecule has 0 fully saturated rings. The molecule has 3 nitrogen and oxygen atoms in total. The van der Waals surface area contributed by atoms with Gasteiger partial charge in [0.1, 0.15) is 18.1 Å². The Kier molecular flexibility index (Phi) is 3.19. The summed E-state index contributed by atoms with van der Waals surface area (Å²) in [5, 5.41) is 0. The van der Waals surface area contributed by atoms with Gasteiger partial charge in [-0.15, -0.1) is 0 Å². The Morgan fingerprint density at radius 3 is 2.23 bits per heavy atom. The highest BCUT2D eigenvalue weighted by Crippen LogP contribution is 2.38. The first kappa shape index (κ1) is 13.1. The van der Waals surface area contributed by atoms with Crippen LogP contribution in [-0.2, 0) is 4.79 Å². The number of carbonyl (C=O) groups excluding carboxylic acids is 1. The van der Waals surface area contributed by atoms with Gasteiger partial charge in [-0.1, -0.05) is 42.5 Å². The lowest BCUT2D eigenvalue weighted by atomic mass is 10.0. The smallest absolute Gasteiger partial charge is 0.168 e. The molecule has 1 atom stereocenters. The van der Waals surface area contributed by atoms with Gasteiger partial charge in [-0.25, -0.2) is 0 Å². The summed E-state index contributed by atoms with van der Waals surface area (Å²) in [6, 6.07) is 15.8. The van der Waals surface area contributed by atoms with E-state index in [1.54, 1.807) is 0 Å². The Bertz CT molecular complexity index is 761. The summed E-state index contributed by atoms with van der Waals surface area (Å²) in [7, 11) is 0. The van der Waals surface area contributed by atoms with Crippen LogP contribution in [0.15, 0.2) is 60.2 Å². The van der Waals surface area contributed by atoms with E-state index in [4.69, 9.17) is 9.47 Å². The van der Waals surface area contributed by atoms with Crippen LogP contribution in [0.5, 0.6) is 11.5 Å². The predicted molar refractivity (Wildman–Crippen MR) is 84.1 cm³/mol. The van der Waals surface area contributed by atoms with E-state index < -0.39 is 0 Å². The average molecular weight is 292 g/mol. The van der Waals surface area contributed by atoms with Crippen molar-refractivity contribution in [3.8, 4) is 22.6 Å². The van der Waals surface area contributed by atoms with E-state index in [1.807, 2.05) is 54.6 Å². The molecular weight excluding hydrogens is 276 g/mol. The Hall–Kier alpha value is -2.55. The first-order valence-electron chi connectivity index (χ1n) is 7.50. The van der Waals surface area contributed by atoms with Gasteiger partial charge in [0.2, 0.25) is 0 Å². The van der Waals surface area contributed by atoms with E-state index in [2.05, 4.69) is 0 Å². The summed E-state index contributed by atoms with van der Waals surface area (Å²) in [4.78, 5) is 12.3. The fourth-order valence-electron chi connectivity index (χ4n) is 3.00. The van der Waals surface area contributed by atoms with E-state index in [0.717, 1.165) is 34.6 Å². The Morgan fingerprint density at radius 1 is 0.864 bits per heavy atom. The first-order valence-corrected chi connectivity index (χ1v) is 7.50. The van der Waals surface area contributed by atoms with Crippen molar-refractivity contribution in [1.82, 2.24) is 0 Å². The largest absolute Gasteiger partial charge is 0.492 e. The molecule has 110 valence electrons. The Labute approximate surface area is 129 Å². The molecule has 0 aromatic heterocycles. The van der Waals surface area contributed by atoms with E-state index in [9.17, 15) is 4.79 Å². The van der Waals surface area contributed by atoms with Gasteiger partial charge in [0.05, 0.1) is 12.5 Å². The highest BCUT2D eigenvalue weighted by atomic mass is 16.5. The topological polar surface area (TPSA) is 35.5 Å². The standard InChI is InChI=1S/C19H16O3/c20-19-13-9-10-14(19)12-22-18-8-4-2-6-16(18)15-5-1-3-7-17(15)21-11-13/h1-9,14H,10-12H2. The van der Waals surface area contributed by atoms with E-state index in [0.29, 0.717) is 13.2 Å². The quantitative estimate of drug-likeness (QED) is 0.743. The van der Waals surface area contributed by atoms with E-state index in [1.165, 1.54) is 0 Å². The van der Waals surface area contributed by atoms with Gasteiger partial charge in [-0.2, -0.15) is 0 Å². The zero-order chi connectivity index (χ0) is 14.9. The number of Topliss-reactive ketones (excluding diaryl/α,β-unsaturated/α-hetero) is 1. The van der Waals surface area contributed by atoms with Crippen LogP contribution >= 0.6 is 0 Å². The van der Waals surface area contributed by atoms with Crippen molar-refractivity contribution in [1.29, 1.82) is 0 Å². The highest BCUT2D eigenvalue weighted by Gasteiger charge is 2.29. The zero-order valence-electron chi connectivity index (χ0n) is 12.1. The third-order valence-electron chi connectivity index (χ3n) is 4.22. The van der Waals surface area contributed by atoms with Crippen LogP contribution in [0.2, 0.25) is 0 Å². The summed E-state index contributed by atoms with van der Waals surface area (Å²) >= 11 is 0. The molecule has 2 aromatic carbocycles.